The average Bonchev–Trinajstić information content (AvgIpc) is 0.738. The Kier molecular flexibility index (Phi) is 52.4. The zero-order valence-electron chi connectivity index (χ0n) is 91.1. The van der Waals surface area contributed by atoms with Crippen LogP contribution in [0, 0.1) is 47.3 Å². The first-order chi connectivity index (χ1) is 66.5. The first kappa shape index (κ1) is 131. The number of amides is 22. The van der Waals surface area contributed by atoms with Gasteiger partial charge in [-0.3, -0.25) is 105 Å². The van der Waals surface area contributed by atoms with Crippen LogP contribution in [-0.2, 0) is 120 Å². The normalized spacial score (nSPS) is 15.6. The van der Waals surface area contributed by atoms with Crippen LogP contribution in [0.5, 0.6) is 0 Å². The van der Waals surface area contributed by atoms with Gasteiger partial charge < -0.3 is 122 Å². The summed E-state index contributed by atoms with van der Waals surface area (Å²) in [5.41, 5.74) is -12.4. The summed E-state index contributed by atoms with van der Waals surface area (Å²) < 4.78 is 4.86. The van der Waals surface area contributed by atoms with Gasteiger partial charge in [0.2, 0.25) is 130 Å². The van der Waals surface area contributed by atoms with Gasteiger partial charge in [0.05, 0.1) is 59.5 Å². The zero-order chi connectivity index (χ0) is 112. The fourth-order valence-corrected chi connectivity index (χ4v) is 15.8. The fraction of sp³-hybridized carbons (Fsp3) is 0.763. The third-order valence-corrected chi connectivity index (χ3v) is 23.7. The first-order valence-corrected chi connectivity index (χ1v) is 49.5. The van der Waals surface area contributed by atoms with E-state index in [0.717, 1.165) is 5.06 Å². The molecule has 823 valence electrons. The minimum Gasteiger partial charge on any atom is -0.467 e. The summed E-state index contributed by atoms with van der Waals surface area (Å²) in [7, 11) is 1.19. The molecule has 0 bridgehead atoms. The van der Waals surface area contributed by atoms with E-state index in [0.29, 0.717) is 12.8 Å². The largest absolute Gasteiger partial charge is 0.467 e. The third-order valence-electron chi connectivity index (χ3n) is 23.7. The molecule has 48 heteroatoms. The monoisotopic (exact) mass is 2060 g/mol. The number of nitrogens with zero attached hydrogens (tertiary/aromatic N) is 1. The number of rotatable bonds is 60. The van der Waals surface area contributed by atoms with Crippen molar-refractivity contribution in [2.75, 3.05) is 59.5 Å². The van der Waals surface area contributed by atoms with Crippen LogP contribution >= 0.6 is 0 Å². The second kappa shape index (κ2) is 58.2. The Morgan fingerprint density at radius 1 is 0.290 bits per heavy atom. The second-order valence-electron chi connectivity index (χ2n) is 44.0. The number of hydrogen-bond donors (Lipinski definition) is 22. The van der Waals surface area contributed by atoms with Crippen molar-refractivity contribution in [3.8, 4) is 0 Å². The summed E-state index contributed by atoms with van der Waals surface area (Å²) >= 11 is 0. The molecular weight excluding hydrogens is 1890 g/mol. The molecule has 0 saturated carbocycles. The molecule has 0 aliphatic carbocycles. The van der Waals surface area contributed by atoms with Crippen LogP contribution in [0.15, 0.2) is 0 Å². The Labute approximate surface area is 852 Å². The van der Waals surface area contributed by atoms with Crippen molar-refractivity contribution in [1.82, 2.24) is 122 Å². The maximum absolute atomic E-state index is 14.3. The first-order valence-electron chi connectivity index (χ1n) is 49.5. The van der Waals surface area contributed by atoms with Gasteiger partial charge in [0.1, 0.15) is 81.6 Å². The van der Waals surface area contributed by atoms with Crippen LogP contribution in [0.4, 0.5) is 0 Å². The van der Waals surface area contributed by atoms with Gasteiger partial charge >= 0.3 is 5.97 Å². The molecule has 1 heterocycles. The molecule has 1 aliphatic heterocycles. The van der Waals surface area contributed by atoms with Gasteiger partial charge in [-0.2, -0.15) is 0 Å². The molecule has 0 aromatic heterocycles. The van der Waals surface area contributed by atoms with Crippen molar-refractivity contribution >= 4 is 136 Å². The number of methoxy groups -OCH3 is 1. The van der Waals surface area contributed by atoms with Crippen molar-refractivity contribution < 1.29 is 120 Å². The van der Waals surface area contributed by atoms with Crippen LogP contribution in [-0.4, -0.2) is 293 Å². The minimum absolute atomic E-state index is 0.0142. The summed E-state index contributed by atoms with van der Waals surface area (Å²) in [6.07, 6.45) is 1.16. The lowest BCUT2D eigenvalue weighted by Crippen LogP contribution is -2.72. The van der Waals surface area contributed by atoms with Crippen molar-refractivity contribution in [3.63, 3.8) is 0 Å². The highest BCUT2D eigenvalue weighted by atomic mass is 16.5. The molecular formula is C97H170N23O25. The molecule has 10 atom stereocenters. The molecule has 145 heavy (non-hydrogen) atoms. The van der Waals surface area contributed by atoms with Gasteiger partial charge in [-0.15, -0.1) is 10.3 Å². The number of piperidine rings is 1. The summed E-state index contributed by atoms with van der Waals surface area (Å²) in [4.78, 5) is 311. The molecule has 48 nitrogen and oxygen atoms in total. The van der Waals surface area contributed by atoms with E-state index in [2.05, 4.69) is 117 Å². The summed E-state index contributed by atoms with van der Waals surface area (Å²) in [5, 5.41) is 69.8. The van der Waals surface area contributed by atoms with Gasteiger partial charge in [0.25, 0.3) is 0 Å². The predicted octanol–water partition coefficient (Wildman–Crippen LogP) is -2.32. The lowest BCUT2D eigenvalue weighted by atomic mass is 9.69. The minimum atomic E-state index is -1.78. The molecule has 1 saturated heterocycles. The number of hydroxylamine groups is 2. The van der Waals surface area contributed by atoms with Gasteiger partial charge in [-0.1, -0.05) is 124 Å². The van der Waals surface area contributed by atoms with Crippen LogP contribution in [0.25, 0.3) is 0 Å². The molecule has 1 aliphatic rings. The van der Waals surface area contributed by atoms with Gasteiger partial charge in [0.15, 0.2) is 0 Å². The quantitative estimate of drug-likeness (QED) is 0.0284. The summed E-state index contributed by atoms with van der Waals surface area (Å²) in [6.45, 7) is 44.0. The molecule has 22 N–H and O–H groups in total. The maximum atomic E-state index is 14.3. The standard InChI is InChI=1S/C97H170N23O25/c1-33-57(15)74(112-72(128)47-103-87(141)94(26,27)117-76(130)60(35-51(3)4)106-68(124)44-99-67(123)42-101-85(139)93(24,25)116-79(133)63(38-54(9)10)109-71(127)46-105-89(143)97(114-59(17)121)49-90(18,19)120(144)91(20,21)50-97)81(135)110-64(39-55(11)12)80(134)119-96(30,31)86(140)102-45-70(126)108-62(37-53(7)8)78(132)115-92(22,23)84(138)100-41-66(122)98-43-69(125)107-61(36-52(5)6)77(131)118-95(28,29)88(142)104-48-73(129)113-75(58(16)34-2)82(136)111-65(40-56(13)14)83(137)145-32/h51-58,60-65,74-75H,33-50H2,1-32H3,(H,98,122)(H,99,123)(H,100,138)(H,101,139)(H,102,140)(H,103,141)(H,104,142)(H,105,143)(H,106,124)(H,107,125)(H,108,126)(H,109,127)(H,110,135)(H,111,136)(H,112,128)(H,113,129)(H,114,121)(H,115,132)(H,116,133)(H,117,130)(H,118,131)(H,119,134)/t57-,58-,60-,61-,62-,63-,64-,65-,74-,75-/m0/s1. The lowest BCUT2D eigenvalue weighted by molar-refractivity contribution is -0.295. The third kappa shape index (κ3) is 45.9. The van der Waals surface area contributed by atoms with Gasteiger partial charge in [-0.05, 0) is 196 Å². The highest BCUT2D eigenvalue weighted by Gasteiger charge is 2.57. The van der Waals surface area contributed by atoms with E-state index in [1.165, 1.54) is 83.3 Å². The molecule has 1 fully saturated rings. The number of nitrogens with one attached hydrogen (secondary N) is 22. The molecule has 0 aromatic carbocycles. The Morgan fingerprint density at radius 2 is 0.497 bits per heavy atom. The van der Waals surface area contributed by atoms with E-state index in [-0.39, 0.29) is 86.9 Å². The second-order valence-corrected chi connectivity index (χ2v) is 44.0. The van der Waals surface area contributed by atoms with E-state index in [1.807, 2.05) is 13.8 Å². The molecule has 1 rings (SSSR count). The van der Waals surface area contributed by atoms with Crippen molar-refractivity contribution in [1.29, 1.82) is 0 Å². The topological polar surface area (TPSA) is 690 Å². The SMILES string of the molecule is CC[C@H](C)[C@H](NC(=O)CNC(=O)C(C)(C)NC(=O)[C@H](CC(C)C)NC(=O)CNC(=O)CNC(=O)C(C)(C)NC(=O)[C@H](CC(C)C)NC(=O)CNC(=O)C1(NC(C)=O)CC(C)(C)N([O])C(C)(C)C1)C(=O)N[C@@H](CC(C)C)C(=O)NC(C)(C)C(=O)NCC(=O)N[C@@H](CC(C)C)C(=O)NC(C)(C)C(=O)NCC(=O)NCC(=O)N[C@@H](CC(C)C)C(=O)NC(C)(C)C(=O)NCC(=O)N[C@H](C(=O)N[C@@H](CC(C)C)C(=O)OC)[C@@H](C)CC. The molecule has 1 radical (unpaired) electrons. The smallest absolute Gasteiger partial charge is 0.328 e. The Balaban J connectivity index is 3.00. The number of ether oxygens (including phenoxy) is 1. The highest BCUT2D eigenvalue weighted by Crippen LogP contribution is 2.43. The molecule has 0 unspecified atom stereocenters. The van der Waals surface area contributed by atoms with Gasteiger partial charge in [0, 0.05) is 18.0 Å². The van der Waals surface area contributed by atoms with E-state index in [9.17, 15) is 115 Å². The van der Waals surface area contributed by atoms with Gasteiger partial charge in [-0.25, -0.2) is 4.79 Å². The van der Waals surface area contributed by atoms with Crippen LogP contribution in [0.1, 0.15) is 279 Å². The summed E-state index contributed by atoms with van der Waals surface area (Å²) in [6, 6.07) is -9.71. The zero-order valence-corrected chi connectivity index (χ0v) is 91.1. The van der Waals surface area contributed by atoms with E-state index >= 15 is 0 Å². The Bertz CT molecular complexity index is 4540. The van der Waals surface area contributed by atoms with E-state index in [4.69, 9.17) is 4.74 Å². The van der Waals surface area contributed by atoms with Crippen LogP contribution in [0.3, 0.4) is 0 Å². The predicted molar refractivity (Wildman–Crippen MR) is 535 cm³/mol. The van der Waals surface area contributed by atoms with E-state index < -0.39 is 293 Å². The van der Waals surface area contributed by atoms with Crippen molar-refractivity contribution in [2.45, 2.75) is 371 Å². The average molecular weight is 2060 g/mol. The van der Waals surface area contributed by atoms with Crippen molar-refractivity contribution in [3.05, 3.63) is 0 Å². The Morgan fingerprint density at radius 3 is 0.724 bits per heavy atom. The van der Waals surface area contributed by atoms with Crippen molar-refractivity contribution in [2.24, 2.45) is 47.3 Å². The van der Waals surface area contributed by atoms with Crippen LogP contribution < -0.4 is 117 Å². The fourth-order valence-electron chi connectivity index (χ4n) is 15.8. The molecule has 0 aromatic rings. The number of carbonyl (C=O) groups excluding carboxylic acids is 23. The number of esters is 1. The number of carbonyl (C=O) groups is 23. The number of hydrogen-bond acceptors (Lipinski definition) is 25. The highest BCUT2D eigenvalue weighted by molar-refractivity contribution is 6.03. The Hall–Kier alpha value is -12.3. The van der Waals surface area contributed by atoms with E-state index in [1.54, 1.807) is 125 Å². The molecule has 0 spiro atoms. The lowest BCUT2D eigenvalue weighted by Gasteiger charge is -2.54. The molecule has 22 amide bonds. The van der Waals surface area contributed by atoms with Crippen LogP contribution in [0.2, 0.25) is 0 Å². The maximum Gasteiger partial charge on any atom is 0.328 e. The summed E-state index contributed by atoms with van der Waals surface area (Å²) in [5.74, 6) is -20.3.